The summed E-state index contributed by atoms with van der Waals surface area (Å²) in [4.78, 5) is 23.0. The predicted molar refractivity (Wildman–Crippen MR) is 88.2 cm³/mol. The third-order valence-corrected chi connectivity index (χ3v) is 3.75. The molecule has 23 heavy (non-hydrogen) atoms. The molecule has 0 aliphatic rings. The molecule has 0 atom stereocenters. The van der Waals surface area contributed by atoms with Crippen LogP contribution in [0.4, 0.5) is 0 Å². The molecule has 1 heterocycles. The zero-order valence-corrected chi connectivity index (χ0v) is 14.2. The first-order chi connectivity index (χ1) is 10.9. The SMILES string of the molecule is CCC(=O)CCc1c(C)nn(-c2ccc(Cl)cc2)c1OC(C)=O. The van der Waals surface area contributed by atoms with Crippen molar-refractivity contribution in [2.24, 2.45) is 0 Å². The van der Waals surface area contributed by atoms with E-state index in [1.165, 1.54) is 6.92 Å². The number of hydrogen-bond acceptors (Lipinski definition) is 4. The second-order valence-electron chi connectivity index (χ2n) is 5.24. The summed E-state index contributed by atoms with van der Waals surface area (Å²) in [6.45, 7) is 5.01. The molecule has 0 saturated carbocycles. The van der Waals surface area contributed by atoms with Crippen LogP contribution in [0.2, 0.25) is 5.02 Å². The van der Waals surface area contributed by atoms with Crippen LogP contribution in [0, 0.1) is 6.92 Å². The molecular formula is C17H19ClN2O3. The Morgan fingerprint density at radius 2 is 1.91 bits per heavy atom. The highest BCUT2D eigenvalue weighted by Gasteiger charge is 2.20. The molecule has 5 nitrogen and oxygen atoms in total. The Morgan fingerprint density at radius 3 is 2.48 bits per heavy atom. The van der Waals surface area contributed by atoms with Crippen molar-refractivity contribution in [3.05, 3.63) is 40.5 Å². The van der Waals surface area contributed by atoms with E-state index in [1.54, 1.807) is 28.9 Å². The minimum atomic E-state index is -0.428. The van der Waals surface area contributed by atoms with Crippen LogP contribution in [0.15, 0.2) is 24.3 Å². The lowest BCUT2D eigenvalue weighted by Crippen LogP contribution is -2.09. The molecule has 0 aliphatic carbocycles. The van der Waals surface area contributed by atoms with Gasteiger partial charge in [0.15, 0.2) is 0 Å². The van der Waals surface area contributed by atoms with E-state index in [0.29, 0.717) is 30.2 Å². The first-order valence-electron chi connectivity index (χ1n) is 7.47. The van der Waals surface area contributed by atoms with Crippen LogP contribution in [0.3, 0.4) is 0 Å². The van der Waals surface area contributed by atoms with Gasteiger partial charge in [-0.05, 0) is 37.6 Å². The number of ether oxygens (including phenoxy) is 1. The van der Waals surface area contributed by atoms with Crippen molar-refractivity contribution in [1.82, 2.24) is 9.78 Å². The van der Waals surface area contributed by atoms with E-state index < -0.39 is 5.97 Å². The normalized spacial score (nSPS) is 10.6. The molecule has 2 rings (SSSR count). The molecule has 122 valence electrons. The average molecular weight is 335 g/mol. The van der Waals surface area contributed by atoms with E-state index in [-0.39, 0.29) is 5.78 Å². The van der Waals surface area contributed by atoms with Gasteiger partial charge in [-0.3, -0.25) is 9.59 Å². The van der Waals surface area contributed by atoms with E-state index >= 15 is 0 Å². The van der Waals surface area contributed by atoms with Crippen LogP contribution in [0.25, 0.3) is 5.69 Å². The topological polar surface area (TPSA) is 61.2 Å². The number of halogens is 1. The zero-order chi connectivity index (χ0) is 17.0. The fourth-order valence-corrected chi connectivity index (χ4v) is 2.39. The molecule has 0 amide bonds. The number of esters is 1. The number of aryl methyl sites for hydroxylation is 1. The zero-order valence-electron chi connectivity index (χ0n) is 13.4. The molecule has 1 aromatic carbocycles. The lowest BCUT2D eigenvalue weighted by molar-refractivity contribution is -0.132. The molecule has 0 bridgehead atoms. The van der Waals surface area contributed by atoms with Gasteiger partial charge in [0.2, 0.25) is 5.88 Å². The van der Waals surface area contributed by atoms with Crippen molar-refractivity contribution in [2.45, 2.75) is 40.0 Å². The molecule has 0 unspecified atom stereocenters. The third-order valence-electron chi connectivity index (χ3n) is 3.50. The smallest absolute Gasteiger partial charge is 0.309 e. The van der Waals surface area contributed by atoms with E-state index in [9.17, 15) is 9.59 Å². The molecule has 1 aromatic heterocycles. The maximum absolute atomic E-state index is 11.6. The lowest BCUT2D eigenvalue weighted by atomic mass is 10.1. The molecule has 0 radical (unpaired) electrons. The van der Waals surface area contributed by atoms with Gasteiger partial charge in [-0.1, -0.05) is 18.5 Å². The molecule has 0 fully saturated rings. The Kier molecular flexibility index (Phi) is 5.55. The van der Waals surface area contributed by atoms with Gasteiger partial charge in [0.25, 0.3) is 0 Å². The first-order valence-corrected chi connectivity index (χ1v) is 7.84. The minimum Gasteiger partial charge on any atom is -0.407 e. The summed E-state index contributed by atoms with van der Waals surface area (Å²) in [5.74, 6) is 0.0989. The van der Waals surface area contributed by atoms with Crippen LogP contribution in [0.1, 0.15) is 37.9 Å². The quantitative estimate of drug-likeness (QED) is 0.756. The van der Waals surface area contributed by atoms with Gasteiger partial charge in [0.1, 0.15) is 5.78 Å². The molecule has 0 spiro atoms. The highest BCUT2D eigenvalue weighted by Crippen LogP contribution is 2.28. The Labute approximate surface area is 140 Å². The number of Topliss-reactive ketones (excluding diaryl/α,β-unsaturated/α-hetero) is 1. The second-order valence-corrected chi connectivity index (χ2v) is 5.68. The standard InChI is InChI=1S/C17H19ClN2O3/c1-4-15(22)9-10-16-11(2)19-20(17(16)23-12(3)21)14-7-5-13(18)6-8-14/h5-8H,4,9-10H2,1-3H3. The van der Waals surface area contributed by atoms with Gasteiger partial charge in [0, 0.05) is 30.4 Å². The largest absolute Gasteiger partial charge is 0.407 e. The van der Waals surface area contributed by atoms with Crippen molar-refractivity contribution in [1.29, 1.82) is 0 Å². The number of aromatic nitrogens is 2. The van der Waals surface area contributed by atoms with Crippen molar-refractivity contribution >= 4 is 23.4 Å². The van der Waals surface area contributed by atoms with Gasteiger partial charge in [-0.2, -0.15) is 5.10 Å². The third kappa shape index (κ3) is 4.20. The summed E-state index contributed by atoms with van der Waals surface area (Å²) >= 11 is 5.91. The fourth-order valence-electron chi connectivity index (χ4n) is 2.27. The first kappa shape index (κ1) is 17.2. The number of carbonyl (C=O) groups excluding carboxylic acids is 2. The number of carbonyl (C=O) groups is 2. The Bertz CT molecular complexity index is 720. The summed E-state index contributed by atoms with van der Waals surface area (Å²) in [7, 11) is 0. The van der Waals surface area contributed by atoms with Crippen molar-refractivity contribution in [3.8, 4) is 11.6 Å². The second kappa shape index (κ2) is 7.42. The number of hydrogen-bond donors (Lipinski definition) is 0. The molecule has 6 heteroatoms. The van der Waals surface area contributed by atoms with Crippen LogP contribution in [-0.4, -0.2) is 21.5 Å². The molecule has 2 aromatic rings. The fraction of sp³-hybridized carbons (Fsp3) is 0.353. The predicted octanol–water partition coefficient (Wildman–Crippen LogP) is 3.67. The molecular weight excluding hydrogens is 316 g/mol. The van der Waals surface area contributed by atoms with Crippen molar-refractivity contribution < 1.29 is 14.3 Å². The van der Waals surface area contributed by atoms with Gasteiger partial charge in [0.05, 0.1) is 11.4 Å². The van der Waals surface area contributed by atoms with Gasteiger partial charge in [-0.15, -0.1) is 0 Å². The Balaban J connectivity index is 2.43. The summed E-state index contributed by atoms with van der Waals surface area (Å²) in [5, 5.41) is 5.06. The monoisotopic (exact) mass is 334 g/mol. The number of ketones is 1. The minimum absolute atomic E-state index is 0.164. The van der Waals surface area contributed by atoms with Gasteiger partial charge in [-0.25, -0.2) is 4.68 Å². The van der Waals surface area contributed by atoms with E-state index in [4.69, 9.17) is 16.3 Å². The Morgan fingerprint density at radius 1 is 1.26 bits per heavy atom. The highest BCUT2D eigenvalue weighted by atomic mass is 35.5. The van der Waals surface area contributed by atoms with E-state index in [1.807, 2.05) is 13.8 Å². The number of benzene rings is 1. The molecule has 0 aliphatic heterocycles. The maximum atomic E-state index is 11.6. The van der Waals surface area contributed by atoms with Crippen molar-refractivity contribution in [3.63, 3.8) is 0 Å². The summed E-state index contributed by atoms with van der Waals surface area (Å²) in [5.41, 5.74) is 2.25. The van der Waals surface area contributed by atoms with Crippen molar-refractivity contribution in [2.75, 3.05) is 0 Å². The summed E-state index contributed by atoms with van der Waals surface area (Å²) in [6, 6.07) is 7.07. The van der Waals surface area contributed by atoms with Gasteiger partial charge < -0.3 is 4.74 Å². The highest BCUT2D eigenvalue weighted by molar-refractivity contribution is 6.30. The maximum Gasteiger partial charge on any atom is 0.309 e. The lowest BCUT2D eigenvalue weighted by Gasteiger charge is -2.09. The molecule has 0 saturated heterocycles. The summed E-state index contributed by atoms with van der Waals surface area (Å²) < 4.78 is 6.93. The molecule has 0 N–H and O–H groups in total. The van der Waals surface area contributed by atoms with Crippen LogP contribution in [-0.2, 0) is 16.0 Å². The van der Waals surface area contributed by atoms with Crippen LogP contribution in [0.5, 0.6) is 5.88 Å². The van der Waals surface area contributed by atoms with E-state index in [0.717, 1.165) is 16.9 Å². The Hall–Kier alpha value is -2.14. The van der Waals surface area contributed by atoms with Crippen LogP contribution >= 0.6 is 11.6 Å². The number of rotatable bonds is 6. The van der Waals surface area contributed by atoms with Gasteiger partial charge >= 0.3 is 5.97 Å². The van der Waals surface area contributed by atoms with E-state index in [2.05, 4.69) is 5.10 Å². The number of nitrogens with zero attached hydrogens (tertiary/aromatic N) is 2. The average Bonchev–Trinajstić information content (AvgIpc) is 2.81. The van der Waals surface area contributed by atoms with Crippen LogP contribution < -0.4 is 4.74 Å². The summed E-state index contributed by atoms with van der Waals surface area (Å²) in [6.07, 6.45) is 1.39.